The Bertz CT molecular complexity index is 1050. The molecule has 0 bridgehead atoms. The zero-order valence-corrected chi connectivity index (χ0v) is 20.5. The monoisotopic (exact) mass is 476 g/mol. The first-order chi connectivity index (χ1) is 15.2. The van der Waals surface area contributed by atoms with E-state index in [4.69, 9.17) is 17.3 Å². The van der Waals surface area contributed by atoms with Gasteiger partial charge in [-0.15, -0.1) is 0 Å². The van der Waals surface area contributed by atoms with Gasteiger partial charge < -0.3 is 10.6 Å². The Hall–Kier alpha value is -1.89. The Kier molecular flexibility index (Phi) is 8.01. The fraction of sp³-hybridized carbons (Fsp3) is 0.480. The van der Waals surface area contributed by atoms with E-state index < -0.39 is 9.84 Å². The van der Waals surface area contributed by atoms with Crippen LogP contribution in [0.4, 0.5) is 0 Å². The second kappa shape index (κ2) is 10.4. The summed E-state index contributed by atoms with van der Waals surface area (Å²) in [7, 11) is -3.25. The molecule has 0 spiro atoms. The lowest BCUT2D eigenvalue weighted by atomic mass is 9.68. The molecule has 7 heteroatoms. The summed E-state index contributed by atoms with van der Waals surface area (Å²) in [6, 6.07) is 15.1. The summed E-state index contributed by atoms with van der Waals surface area (Å²) in [5, 5.41) is 0.719. The van der Waals surface area contributed by atoms with Crippen LogP contribution < -0.4 is 5.73 Å². The minimum absolute atomic E-state index is 0.105. The molecule has 3 rings (SSSR count). The Morgan fingerprint density at radius 1 is 1.16 bits per heavy atom. The van der Waals surface area contributed by atoms with Crippen molar-refractivity contribution in [1.82, 2.24) is 4.90 Å². The van der Waals surface area contributed by atoms with Gasteiger partial charge in [0.15, 0.2) is 9.84 Å². The van der Waals surface area contributed by atoms with Crippen molar-refractivity contribution in [3.8, 4) is 0 Å². The van der Waals surface area contributed by atoms with Crippen molar-refractivity contribution >= 4 is 27.3 Å². The average Bonchev–Trinajstić information content (AvgIpc) is 2.79. The largest absolute Gasteiger partial charge is 0.339 e. The number of halogens is 1. The van der Waals surface area contributed by atoms with Gasteiger partial charge in [0.05, 0.1) is 4.90 Å². The van der Waals surface area contributed by atoms with Crippen LogP contribution in [-0.2, 0) is 26.5 Å². The van der Waals surface area contributed by atoms with E-state index in [1.165, 1.54) is 11.8 Å². The van der Waals surface area contributed by atoms with Crippen LogP contribution in [0.5, 0.6) is 0 Å². The lowest BCUT2D eigenvalue weighted by Crippen LogP contribution is -2.48. The molecule has 0 saturated heterocycles. The van der Waals surface area contributed by atoms with Gasteiger partial charge in [-0.05, 0) is 67.5 Å². The highest BCUT2D eigenvalue weighted by molar-refractivity contribution is 7.90. The summed E-state index contributed by atoms with van der Waals surface area (Å²) in [5.74, 6) is 0.136. The first-order valence-corrected chi connectivity index (χ1v) is 13.5. The fourth-order valence-corrected chi connectivity index (χ4v) is 5.67. The molecule has 2 aromatic rings. The van der Waals surface area contributed by atoms with Gasteiger partial charge in [0.1, 0.15) is 0 Å². The van der Waals surface area contributed by atoms with Crippen LogP contribution in [0.2, 0.25) is 5.02 Å². The predicted molar refractivity (Wildman–Crippen MR) is 130 cm³/mol. The lowest BCUT2D eigenvalue weighted by Gasteiger charge is -2.43. The van der Waals surface area contributed by atoms with E-state index >= 15 is 0 Å². The molecule has 1 aliphatic carbocycles. The molecule has 1 amide bonds. The van der Waals surface area contributed by atoms with E-state index in [1.807, 2.05) is 36.1 Å². The maximum absolute atomic E-state index is 12.8. The third-order valence-corrected chi connectivity index (χ3v) is 8.12. The Morgan fingerprint density at radius 3 is 2.44 bits per heavy atom. The fourth-order valence-electron chi connectivity index (χ4n) is 4.79. The van der Waals surface area contributed by atoms with Crippen LogP contribution in [0.15, 0.2) is 53.4 Å². The summed E-state index contributed by atoms with van der Waals surface area (Å²) in [6.45, 7) is 3.02. The zero-order valence-electron chi connectivity index (χ0n) is 18.9. The molecule has 0 unspecified atom stereocenters. The smallest absolute Gasteiger partial charge is 0.222 e. The first-order valence-electron chi connectivity index (χ1n) is 11.2. The molecule has 0 atom stereocenters. The standard InChI is InChI=1S/C25H33ClN2O3S/c1-3-24(29)28(15-12-19-6-4-9-23(16-19)32(2,30)31)22-10-13-25(18-27,14-11-22)20-7-5-8-21(26)17-20/h4-9,16-17,22H,3,10-15,18,27H2,1-2H3/t22-,25-. The molecule has 1 fully saturated rings. The van der Waals surface area contributed by atoms with E-state index in [1.54, 1.807) is 18.2 Å². The Balaban J connectivity index is 1.72. The van der Waals surface area contributed by atoms with Crippen LogP contribution in [0.25, 0.3) is 0 Å². The van der Waals surface area contributed by atoms with Gasteiger partial charge in [-0.25, -0.2) is 8.42 Å². The summed E-state index contributed by atoms with van der Waals surface area (Å²) in [5.41, 5.74) is 8.24. The highest BCUT2D eigenvalue weighted by Crippen LogP contribution is 2.41. The molecule has 0 radical (unpaired) electrons. The molecule has 5 nitrogen and oxygen atoms in total. The van der Waals surface area contributed by atoms with E-state index in [9.17, 15) is 13.2 Å². The van der Waals surface area contributed by atoms with Crippen molar-refractivity contribution in [1.29, 1.82) is 0 Å². The number of nitrogens with zero attached hydrogens (tertiary/aromatic N) is 1. The highest BCUT2D eigenvalue weighted by atomic mass is 35.5. The molecule has 0 heterocycles. The normalized spacial score (nSPS) is 21.3. The molecular weight excluding hydrogens is 444 g/mol. The highest BCUT2D eigenvalue weighted by Gasteiger charge is 2.38. The number of benzene rings is 2. The van der Waals surface area contributed by atoms with Gasteiger partial charge in [0.2, 0.25) is 5.91 Å². The van der Waals surface area contributed by atoms with Crippen molar-refractivity contribution in [3.05, 3.63) is 64.7 Å². The van der Waals surface area contributed by atoms with Crippen molar-refractivity contribution in [3.63, 3.8) is 0 Å². The summed E-state index contributed by atoms with van der Waals surface area (Å²) in [6.07, 6.45) is 5.89. The minimum Gasteiger partial charge on any atom is -0.339 e. The third-order valence-electron chi connectivity index (χ3n) is 6.77. The van der Waals surface area contributed by atoms with E-state index in [-0.39, 0.29) is 17.4 Å². The quantitative estimate of drug-likeness (QED) is 0.613. The van der Waals surface area contributed by atoms with E-state index in [2.05, 4.69) is 6.07 Å². The molecule has 174 valence electrons. The number of carbonyl (C=O) groups excluding carboxylic acids is 1. The molecular formula is C25H33ClN2O3S. The predicted octanol–water partition coefficient (Wildman–Crippen LogP) is 4.36. The summed E-state index contributed by atoms with van der Waals surface area (Å²) >= 11 is 6.23. The number of rotatable bonds is 8. The third kappa shape index (κ3) is 5.72. The maximum atomic E-state index is 12.8. The Morgan fingerprint density at radius 2 is 1.84 bits per heavy atom. The van der Waals surface area contributed by atoms with Crippen molar-refractivity contribution in [2.24, 2.45) is 5.73 Å². The molecule has 2 N–H and O–H groups in total. The average molecular weight is 477 g/mol. The molecule has 0 aromatic heterocycles. The topological polar surface area (TPSA) is 80.5 Å². The van der Waals surface area contributed by atoms with Crippen LogP contribution in [-0.4, -0.2) is 44.6 Å². The van der Waals surface area contributed by atoms with Crippen molar-refractivity contribution < 1.29 is 13.2 Å². The van der Waals surface area contributed by atoms with Crippen molar-refractivity contribution in [2.45, 2.75) is 61.8 Å². The first kappa shape index (κ1) is 24.7. The van der Waals surface area contributed by atoms with Gasteiger partial charge in [0, 0.05) is 42.2 Å². The molecule has 32 heavy (non-hydrogen) atoms. The van der Waals surface area contributed by atoms with Crippen molar-refractivity contribution in [2.75, 3.05) is 19.3 Å². The lowest BCUT2D eigenvalue weighted by molar-refractivity contribution is -0.134. The van der Waals surface area contributed by atoms with Gasteiger partial charge in [-0.1, -0.05) is 42.8 Å². The Labute approximate surface area is 196 Å². The van der Waals surface area contributed by atoms with Crippen LogP contribution in [0.3, 0.4) is 0 Å². The summed E-state index contributed by atoms with van der Waals surface area (Å²) in [4.78, 5) is 15.1. The second-order valence-corrected chi connectivity index (χ2v) is 11.3. The second-order valence-electron chi connectivity index (χ2n) is 8.84. The number of hydrogen-bond donors (Lipinski definition) is 1. The van der Waals surface area contributed by atoms with E-state index in [0.717, 1.165) is 36.3 Å². The number of amides is 1. The van der Waals surface area contributed by atoms with Crippen LogP contribution >= 0.6 is 11.6 Å². The van der Waals surface area contributed by atoms with Gasteiger partial charge in [-0.2, -0.15) is 0 Å². The van der Waals surface area contributed by atoms with Gasteiger partial charge in [0.25, 0.3) is 0 Å². The zero-order chi connectivity index (χ0) is 23.4. The molecule has 1 saturated carbocycles. The van der Waals surface area contributed by atoms with Crippen LogP contribution in [0, 0.1) is 0 Å². The van der Waals surface area contributed by atoms with Crippen LogP contribution in [0.1, 0.15) is 50.2 Å². The number of carbonyl (C=O) groups is 1. The number of sulfone groups is 1. The van der Waals surface area contributed by atoms with E-state index in [0.29, 0.717) is 30.8 Å². The van der Waals surface area contributed by atoms with Gasteiger partial charge >= 0.3 is 0 Å². The number of nitrogens with two attached hydrogens (primary N) is 1. The minimum atomic E-state index is -3.25. The number of hydrogen-bond acceptors (Lipinski definition) is 4. The maximum Gasteiger partial charge on any atom is 0.222 e. The molecule has 0 aliphatic heterocycles. The van der Waals surface area contributed by atoms with Gasteiger partial charge in [-0.3, -0.25) is 4.79 Å². The summed E-state index contributed by atoms with van der Waals surface area (Å²) < 4.78 is 23.7. The SMILES string of the molecule is CCC(=O)N(CCc1cccc(S(C)(=O)=O)c1)[C@H]1CC[C@](CN)(c2cccc(Cl)c2)CC1. The molecule has 1 aliphatic rings. The molecule has 2 aromatic carbocycles.